The molecule has 1 rings (SSSR count). The van der Waals surface area contributed by atoms with Crippen LogP contribution in [0.15, 0.2) is 12.1 Å². The van der Waals surface area contributed by atoms with Gasteiger partial charge in [-0.3, -0.25) is 4.79 Å². The molecule has 3 nitrogen and oxygen atoms in total. The molecule has 0 fully saturated rings. The molecule has 72 valence electrons. The van der Waals surface area contributed by atoms with Crippen molar-refractivity contribution in [3.8, 4) is 6.07 Å². The number of aromatic nitrogens is 1. The van der Waals surface area contributed by atoms with Crippen LogP contribution in [-0.4, -0.2) is 10.2 Å². The van der Waals surface area contributed by atoms with Crippen molar-refractivity contribution in [2.24, 2.45) is 0 Å². The summed E-state index contributed by atoms with van der Waals surface area (Å²) in [6.07, 6.45) is -2.84. The highest BCUT2D eigenvalue weighted by atomic mass is 35.5. The molecule has 0 aliphatic carbocycles. The van der Waals surface area contributed by atoms with Crippen LogP contribution >= 0.6 is 11.6 Å². The maximum Gasteiger partial charge on any atom is 0.271 e. The molecule has 0 aliphatic heterocycles. The van der Waals surface area contributed by atoms with E-state index in [-0.39, 0.29) is 5.69 Å². The van der Waals surface area contributed by atoms with E-state index in [1.807, 2.05) is 0 Å². The predicted octanol–water partition coefficient (Wildman–Crippen LogP) is 2.27. The number of nitriles is 1. The summed E-state index contributed by atoms with van der Waals surface area (Å²) in [5, 5.41) is 7.32. The Bertz CT molecular complexity index is 414. The summed E-state index contributed by atoms with van der Waals surface area (Å²) in [5.41, 5.74) is -1.26. The molecule has 6 heteroatoms. The second-order valence-corrected chi connectivity index (χ2v) is 2.66. The summed E-state index contributed by atoms with van der Waals surface area (Å²) < 4.78 is 24.6. The maximum absolute atomic E-state index is 12.3. The first-order chi connectivity index (χ1) is 6.56. The van der Waals surface area contributed by atoms with Crippen LogP contribution in [0.1, 0.15) is 28.2 Å². The van der Waals surface area contributed by atoms with Crippen LogP contribution in [0.2, 0.25) is 0 Å². The average molecular weight is 217 g/mol. The van der Waals surface area contributed by atoms with Crippen LogP contribution in [0.25, 0.3) is 0 Å². The van der Waals surface area contributed by atoms with Crippen LogP contribution < -0.4 is 0 Å². The van der Waals surface area contributed by atoms with E-state index < -0.39 is 22.9 Å². The fourth-order valence-electron chi connectivity index (χ4n) is 0.866. The zero-order valence-electron chi connectivity index (χ0n) is 6.67. The molecule has 0 N–H and O–H groups in total. The highest BCUT2D eigenvalue weighted by Gasteiger charge is 2.18. The van der Waals surface area contributed by atoms with E-state index in [1.54, 1.807) is 6.07 Å². The number of alkyl halides is 2. The van der Waals surface area contributed by atoms with Crippen molar-refractivity contribution < 1.29 is 13.6 Å². The Morgan fingerprint density at radius 3 is 2.64 bits per heavy atom. The lowest BCUT2D eigenvalue weighted by atomic mass is 10.2. The lowest BCUT2D eigenvalue weighted by Gasteiger charge is -2.03. The smallest absolute Gasteiger partial charge is 0.271 e. The SMILES string of the molecule is N#Cc1ccc(C(F)F)c(C(=O)Cl)n1. The van der Waals surface area contributed by atoms with Crippen LogP contribution in [-0.2, 0) is 0 Å². The van der Waals surface area contributed by atoms with Gasteiger partial charge in [0.2, 0.25) is 0 Å². The summed E-state index contributed by atoms with van der Waals surface area (Å²) in [7, 11) is 0. The normalized spacial score (nSPS) is 9.93. The molecule has 0 atom stereocenters. The van der Waals surface area contributed by atoms with Crippen molar-refractivity contribution in [2.75, 3.05) is 0 Å². The van der Waals surface area contributed by atoms with Crippen LogP contribution in [0.3, 0.4) is 0 Å². The maximum atomic E-state index is 12.3. The number of carbonyl (C=O) groups excluding carboxylic acids is 1. The number of carbonyl (C=O) groups is 1. The molecule has 0 amide bonds. The predicted molar refractivity (Wildman–Crippen MR) is 44.1 cm³/mol. The van der Waals surface area contributed by atoms with Gasteiger partial charge in [0, 0.05) is 5.56 Å². The molecule has 0 unspecified atom stereocenters. The molecule has 0 radical (unpaired) electrons. The molecule has 1 heterocycles. The monoisotopic (exact) mass is 216 g/mol. The standard InChI is InChI=1S/C8H3ClF2N2O/c9-7(14)6-5(8(10)11)2-1-4(3-12)13-6/h1-2,8H. The van der Waals surface area contributed by atoms with Gasteiger partial charge >= 0.3 is 0 Å². The van der Waals surface area contributed by atoms with Gasteiger partial charge in [-0.15, -0.1) is 0 Å². The quantitative estimate of drug-likeness (QED) is 0.713. The van der Waals surface area contributed by atoms with Crippen LogP contribution in [0.5, 0.6) is 0 Å². The van der Waals surface area contributed by atoms with Crippen LogP contribution in [0, 0.1) is 11.3 Å². The van der Waals surface area contributed by atoms with Gasteiger partial charge in [0.05, 0.1) is 0 Å². The third-order valence-electron chi connectivity index (χ3n) is 1.46. The number of pyridine rings is 1. The highest BCUT2D eigenvalue weighted by molar-refractivity contribution is 6.67. The van der Waals surface area contributed by atoms with Gasteiger partial charge in [-0.1, -0.05) is 0 Å². The summed E-state index contributed by atoms with van der Waals surface area (Å²) in [5.74, 6) is 0. The van der Waals surface area contributed by atoms with Crippen molar-refractivity contribution in [1.29, 1.82) is 5.26 Å². The third kappa shape index (κ3) is 2.03. The molecule has 0 bridgehead atoms. The number of hydrogen-bond acceptors (Lipinski definition) is 3. The molecular formula is C8H3ClF2N2O. The Kier molecular flexibility index (Phi) is 3.10. The van der Waals surface area contributed by atoms with E-state index in [4.69, 9.17) is 16.9 Å². The average Bonchev–Trinajstić information content (AvgIpc) is 2.16. The second-order valence-electron chi connectivity index (χ2n) is 2.32. The lowest BCUT2D eigenvalue weighted by molar-refractivity contribution is 0.106. The topological polar surface area (TPSA) is 53.8 Å². The summed E-state index contributed by atoms with van der Waals surface area (Å²) in [6.45, 7) is 0. The van der Waals surface area contributed by atoms with Gasteiger partial charge in [0.15, 0.2) is 0 Å². The molecule has 0 aromatic carbocycles. The number of halogens is 3. The Balaban J connectivity index is 3.33. The Labute approximate surface area is 82.9 Å². The minimum atomic E-state index is -2.84. The lowest BCUT2D eigenvalue weighted by Crippen LogP contribution is -2.03. The fraction of sp³-hybridized carbons (Fsp3) is 0.125. The molecule has 0 saturated carbocycles. The van der Waals surface area contributed by atoms with E-state index in [0.717, 1.165) is 12.1 Å². The minimum absolute atomic E-state index is 0.126. The van der Waals surface area contributed by atoms with Gasteiger partial charge in [-0.05, 0) is 23.7 Å². The van der Waals surface area contributed by atoms with E-state index in [9.17, 15) is 13.6 Å². The van der Waals surface area contributed by atoms with Gasteiger partial charge < -0.3 is 0 Å². The van der Waals surface area contributed by atoms with E-state index in [1.165, 1.54) is 0 Å². The summed E-state index contributed by atoms with van der Waals surface area (Å²) in [4.78, 5) is 14.1. The number of nitrogens with zero attached hydrogens (tertiary/aromatic N) is 2. The molecular weight excluding hydrogens is 214 g/mol. The van der Waals surface area contributed by atoms with Crippen molar-refractivity contribution in [3.05, 3.63) is 29.1 Å². The van der Waals surface area contributed by atoms with Crippen molar-refractivity contribution in [2.45, 2.75) is 6.43 Å². The highest BCUT2D eigenvalue weighted by Crippen LogP contribution is 2.22. The fourth-order valence-corrected chi connectivity index (χ4v) is 1.02. The van der Waals surface area contributed by atoms with Gasteiger partial charge in [-0.25, -0.2) is 13.8 Å². The molecule has 0 spiro atoms. The summed E-state index contributed by atoms with van der Waals surface area (Å²) in [6, 6.07) is 3.69. The zero-order chi connectivity index (χ0) is 10.7. The van der Waals surface area contributed by atoms with E-state index in [2.05, 4.69) is 4.98 Å². The number of hydrogen-bond donors (Lipinski definition) is 0. The van der Waals surface area contributed by atoms with Gasteiger partial charge in [0.1, 0.15) is 17.5 Å². The second kappa shape index (κ2) is 4.11. The van der Waals surface area contributed by atoms with E-state index in [0.29, 0.717) is 0 Å². The third-order valence-corrected chi connectivity index (χ3v) is 1.64. The Morgan fingerprint density at radius 1 is 1.57 bits per heavy atom. The molecule has 0 aliphatic rings. The summed E-state index contributed by atoms with van der Waals surface area (Å²) >= 11 is 5.04. The minimum Gasteiger partial charge on any atom is -0.274 e. The van der Waals surface area contributed by atoms with Crippen molar-refractivity contribution in [1.82, 2.24) is 4.98 Å². The van der Waals surface area contributed by atoms with Crippen molar-refractivity contribution >= 4 is 16.8 Å². The van der Waals surface area contributed by atoms with Crippen LogP contribution in [0.4, 0.5) is 8.78 Å². The Hall–Kier alpha value is -1.54. The molecule has 1 aromatic rings. The van der Waals surface area contributed by atoms with Gasteiger partial charge in [-0.2, -0.15) is 5.26 Å². The molecule has 14 heavy (non-hydrogen) atoms. The van der Waals surface area contributed by atoms with Crippen molar-refractivity contribution in [3.63, 3.8) is 0 Å². The largest absolute Gasteiger partial charge is 0.274 e. The zero-order valence-corrected chi connectivity index (χ0v) is 7.42. The first kappa shape index (κ1) is 10.5. The molecule has 0 saturated heterocycles. The molecule has 1 aromatic heterocycles. The number of rotatable bonds is 2. The van der Waals surface area contributed by atoms with E-state index >= 15 is 0 Å². The first-order valence-corrected chi connectivity index (χ1v) is 3.83. The first-order valence-electron chi connectivity index (χ1n) is 3.45. The van der Waals surface area contributed by atoms with Gasteiger partial charge in [0.25, 0.3) is 11.7 Å². The Morgan fingerprint density at radius 2 is 2.21 bits per heavy atom.